The van der Waals surface area contributed by atoms with Gasteiger partial charge in [0.05, 0.1) is 0 Å². The van der Waals surface area contributed by atoms with E-state index in [1.54, 1.807) is 0 Å². The molecule has 2 heterocycles. The molecule has 0 unspecified atom stereocenters. The van der Waals surface area contributed by atoms with Crippen LogP contribution in [0.1, 0.15) is 0 Å². The van der Waals surface area contributed by atoms with E-state index in [4.69, 9.17) is 19.4 Å². The van der Waals surface area contributed by atoms with Crippen LogP contribution in [0.25, 0.3) is 78.0 Å². The van der Waals surface area contributed by atoms with Gasteiger partial charge in [-0.05, 0) is 40.1 Å². The van der Waals surface area contributed by atoms with Gasteiger partial charge in [-0.3, -0.25) is 0 Å². The predicted octanol–water partition coefficient (Wildman–Crippen LogP) is -14.8. The van der Waals surface area contributed by atoms with E-state index in [1.807, 2.05) is 42.5 Å². The van der Waals surface area contributed by atoms with Crippen molar-refractivity contribution >= 4 is 263 Å². The second kappa shape index (κ2) is 17.8. The van der Waals surface area contributed by atoms with Gasteiger partial charge in [0.1, 0.15) is 137 Å². The smallest absolute Gasteiger partial charge is 0.164 e. The molecule has 5 nitrogen and oxygen atoms in total. The lowest BCUT2D eigenvalue weighted by Gasteiger charge is -2.39. The van der Waals surface area contributed by atoms with Gasteiger partial charge in [0.2, 0.25) is 0 Å². The molecule has 0 atom stereocenters. The monoisotopic (exact) mass is 885 g/mol. The van der Waals surface area contributed by atoms with Crippen molar-refractivity contribution < 1.29 is 4.42 Å². The van der Waals surface area contributed by atoms with Crippen molar-refractivity contribution in [2.75, 3.05) is 4.90 Å². The zero-order chi connectivity index (χ0) is 49.8. The fraction of sp³-hybridized carbons (Fsp3) is 0. The number of rotatable bonds is 7. The van der Waals surface area contributed by atoms with Crippen LogP contribution in [0, 0.1) is 0 Å². The third-order valence-corrected chi connectivity index (χ3v) is 16.6. The summed E-state index contributed by atoms with van der Waals surface area (Å²) in [6.45, 7) is 0. The van der Waals surface area contributed by atoms with Gasteiger partial charge < -0.3 is 9.32 Å². The van der Waals surface area contributed by atoms with Crippen molar-refractivity contribution in [1.29, 1.82) is 0 Å². The van der Waals surface area contributed by atoms with Gasteiger partial charge in [-0.2, -0.15) is 0 Å². The molecule has 0 aliphatic heterocycles. The van der Waals surface area contributed by atoms with Gasteiger partial charge in [-0.25, -0.2) is 15.0 Å². The van der Waals surface area contributed by atoms with Crippen LogP contribution in [0.15, 0.2) is 101 Å². The Balaban J connectivity index is 1.30. The number of aromatic nitrogens is 3. The number of hydrogen-bond acceptors (Lipinski definition) is 5. The fourth-order valence-corrected chi connectivity index (χ4v) is 11.7. The molecule has 0 aliphatic rings. The zero-order valence-corrected chi connectivity index (χ0v) is 43.9. The molecule has 0 spiro atoms. The molecular formula is C49H48B16N4O. The molecule has 8 aromatic carbocycles. The Kier molecular flexibility index (Phi) is 12.1. The van der Waals surface area contributed by atoms with Crippen LogP contribution < -0.4 is 92.3 Å². The molecule has 70 heavy (non-hydrogen) atoms. The van der Waals surface area contributed by atoms with Crippen LogP contribution in [0.4, 0.5) is 17.1 Å². The van der Waals surface area contributed by atoms with Crippen LogP contribution in [-0.4, -0.2) is 140 Å². The third-order valence-electron chi connectivity index (χ3n) is 16.6. The van der Waals surface area contributed by atoms with Gasteiger partial charge >= 0.3 is 0 Å². The van der Waals surface area contributed by atoms with Crippen LogP contribution >= 0.6 is 0 Å². The molecule has 0 fully saturated rings. The molecule has 10 rings (SSSR count). The first kappa shape index (κ1) is 47.4. The van der Waals surface area contributed by atoms with Crippen molar-refractivity contribution in [2.24, 2.45) is 0 Å². The second-order valence-electron chi connectivity index (χ2n) is 20.0. The number of nitrogens with zero attached hydrogens (tertiary/aromatic N) is 4. The van der Waals surface area contributed by atoms with Crippen molar-refractivity contribution in [1.82, 2.24) is 15.0 Å². The predicted molar refractivity (Wildman–Crippen MR) is 352 cm³/mol. The molecule has 0 radical (unpaired) electrons. The summed E-state index contributed by atoms with van der Waals surface area (Å²) in [7, 11) is 37.1. The summed E-state index contributed by atoms with van der Waals surface area (Å²) in [5.74, 6) is 1.83. The molecule has 0 saturated carbocycles. The van der Waals surface area contributed by atoms with E-state index in [0.29, 0.717) is 17.5 Å². The molecule has 21 heteroatoms. The van der Waals surface area contributed by atoms with Crippen molar-refractivity contribution in [2.45, 2.75) is 0 Å². The van der Waals surface area contributed by atoms with E-state index in [2.05, 4.69) is 185 Å². The lowest BCUT2D eigenvalue weighted by Crippen LogP contribution is -2.58. The molecule has 0 aliphatic carbocycles. The highest BCUT2D eigenvalue weighted by molar-refractivity contribution is 6.74. The third kappa shape index (κ3) is 7.27. The highest BCUT2D eigenvalue weighted by Crippen LogP contribution is 2.39. The maximum atomic E-state index is 6.81. The van der Waals surface area contributed by atoms with Gasteiger partial charge in [0, 0.05) is 44.5 Å². The van der Waals surface area contributed by atoms with Crippen molar-refractivity contribution in [3.63, 3.8) is 0 Å². The maximum absolute atomic E-state index is 6.81. The summed E-state index contributed by atoms with van der Waals surface area (Å²) >= 11 is 0. The highest BCUT2D eigenvalue weighted by Gasteiger charge is 2.30. The summed E-state index contributed by atoms with van der Waals surface area (Å²) in [4.78, 5) is 18.1. The minimum absolute atomic E-state index is 0.590. The van der Waals surface area contributed by atoms with E-state index in [0.717, 1.165) is 44.2 Å². The van der Waals surface area contributed by atoms with Gasteiger partial charge in [0.15, 0.2) is 17.5 Å². The molecule has 0 amide bonds. The first-order chi connectivity index (χ1) is 33.4. The average molecular weight is 882 g/mol. The molecule has 2 aromatic heterocycles. The second-order valence-corrected chi connectivity index (χ2v) is 20.0. The van der Waals surface area contributed by atoms with Gasteiger partial charge in [-0.1, -0.05) is 150 Å². The number of para-hydroxylation sites is 1. The molecule has 0 saturated heterocycles. The summed E-state index contributed by atoms with van der Waals surface area (Å²) in [5.41, 5.74) is 31.5. The van der Waals surface area contributed by atoms with E-state index in [1.165, 1.54) is 121 Å². The zero-order valence-electron chi connectivity index (χ0n) is 43.9. The van der Waals surface area contributed by atoms with Crippen LogP contribution in [0.3, 0.4) is 0 Å². The molecule has 0 N–H and O–H groups in total. The number of anilines is 3. The Labute approximate surface area is 426 Å². The average Bonchev–Trinajstić information content (AvgIpc) is 3.76. The fourth-order valence-electron chi connectivity index (χ4n) is 11.7. The van der Waals surface area contributed by atoms with Crippen molar-refractivity contribution in [3.05, 3.63) is 97.1 Å². The molecule has 318 valence electrons. The summed E-state index contributed by atoms with van der Waals surface area (Å²) in [6, 6.07) is 33.2. The van der Waals surface area contributed by atoms with Gasteiger partial charge in [0.25, 0.3) is 0 Å². The highest BCUT2D eigenvalue weighted by atomic mass is 16.3. The van der Waals surface area contributed by atoms with E-state index in [-0.39, 0.29) is 0 Å². The SMILES string of the molecule is Bc1c(B)c(B)c(N(c2c(B)c(B)c(-c3cc(-c4nc(-c5ccccc5)nc(-c5ccccc5)n4)cc4oc5ccccc5c34)c(B)c2B)c2c(B)c(B)c3c(B)c(B)c(B)c(B)c3c2B)c(B)c1B. The molecule has 10 aromatic rings. The summed E-state index contributed by atoms with van der Waals surface area (Å²) in [5, 5.41) is 4.92. The van der Waals surface area contributed by atoms with E-state index < -0.39 is 0 Å². The maximum Gasteiger partial charge on any atom is 0.164 e. The van der Waals surface area contributed by atoms with Crippen LogP contribution in [0.2, 0.25) is 0 Å². The lowest BCUT2D eigenvalue weighted by molar-refractivity contribution is 0.669. The van der Waals surface area contributed by atoms with Crippen LogP contribution in [-0.2, 0) is 0 Å². The molecule has 0 bridgehead atoms. The standard InChI is InChI=1S/C49H48B16N4O/c50-28-25(21-15-19(16-23-24(21)20-13-7-8-14-22(20)70-23)49-67-47(17-9-3-1-4-10-17)66-48(68-49)18-11-5-2-6-12-18)29(51)40(62)45(39(28)61)69(46-42(64)37(59)36(58)38(60)43(46)65)44-33(55)27-26(32(54)41(44)63)30(52)34(56)35(57)31(27)53/h1-16H,50-65H2. The largest absolute Gasteiger partial charge is 0.456 e. The Bertz CT molecular complexity index is 3750. The summed E-state index contributed by atoms with van der Waals surface area (Å²) in [6.07, 6.45) is 0. The normalized spacial score (nSPS) is 11.5. The Morgan fingerprint density at radius 2 is 0.686 bits per heavy atom. The lowest BCUT2D eigenvalue weighted by atomic mass is 9.59. The van der Waals surface area contributed by atoms with Crippen molar-refractivity contribution in [3.8, 4) is 45.3 Å². The van der Waals surface area contributed by atoms with E-state index >= 15 is 0 Å². The number of furan rings is 1. The minimum Gasteiger partial charge on any atom is -0.456 e. The minimum atomic E-state index is 0.590. The number of hydrogen-bond donors (Lipinski definition) is 0. The topological polar surface area (TPSA) is 55.1 Å². The number of benzene rings is 8. The molecular weight excluding hydrogens is 834 g/mol. The first-order valence-electron chi connectivity index (χ1n) is 24.7. The summed E-state index contributed by atoms with van der Waals surface area (Å²) < 4.78 is 6.81. The quantitative estimate of drug-likeness (QED) is 0.149. The van der Waals surface area contributed by atoms with Crippen LogP contribution in [0.5, 0.6) is 0 Å². The van der Waals surface area contributed by atoms with Gasteiger partial charge in [-0.15, -0.1) is 16.4 Å². The van der Waals surface area contributed by atoms with E-state index in [9.17, 15) is 0 Å². The Morgan fingerprint density at radius 1 is 0.314 bits per heavy atom. The Morgan fingerprint density at radius 3 is 1.20 bits per heavy atom. The number of fused-ring (bicyclic) bond motifs is 4. The Hall–Kier alpha value is -6.33. The first-order valence-corrected chi connectivity index (χ1v) is 24.7.